The number of rotatable bonds is 6. The van der Waals surface area contributed by atoms with Crippen LogP contribution in [-0.2, 0) is 9.53 Å². The summed E-state index contributed by atoms with van der Waals surface area (Å²) < 4.78 is 5.27. The normalized spacial score (nSPS) is 20.9. The summed E-state index contributed by atoms with van der Waals surface area (Å²) in [4.78, 5) is 11.9. The topological polar surface area (TPSA) is 50.4 Å². The van der Waals surface area contributed by atoms with Gasteiger partial charge in [0, 0.05) is 13.7 Å². The zero-order valence-electron chi connectivity index (χ0n) is 11.3. The molecule has 0 radical (unpaired) electrons. The van der Waals surface area contributed by atoms with Gasteiger partial charge in [0.1, 0.15) is 5.60 Å². The monoisotopic (exact) mass is 242 g/mol. The van der Waals surface area contributed by atoms with Crippen molar-refractivity contribution in [1.82, 2.24) is 10.6 Å². The maximum Gasteiger partial charge on any atom is 0.251 e. The van der Waals surface area contributed by atoms with Crippen molar-refractivity contribution in [1.29, 1.82) is 0 Å². The Morgan fingerprint density at radius 2 is 2.12 bits per heavy atom. The van der Waals surface area contributed by atoms with Crippen LogP contribution >= 0.6 is 0 Å². The summed E-state index contributed by atoms with van der Waals surface area (Å²) in [5.41, 5.74) is -0.672. The number of hydrogen-bond acceptors (Lipinski definition) is 3. The molecule has 0 aliphatic carbocycles. The molecule has 0 saturated carbocycles. The maximum atomic E-state index is 11.9. The van der Waals surface area contributed by atoms with E-state index in [4.69, 9.17) is 4.74 Å². The third kappa shape index (κ3) is 4.28. The Hall–Kier alpha value is -0.610. The largest absolute Gasteiger partial charge is 0.369 e. The molecule has 2 N–H and O–H groups in total. The first kappa shape index (κ1) is 14.5. The number of carbonyl (C=O) groups excluding carboxylic acids is 1. The van der Waals surface area contributed by atoms with Crippen molar-refractivity contribution in [2.24, 2.45) is 5.92 Å². The molecule has 4 heteroatoms. The fourth-order valence-electron chi connectivity index (χ4n) is 2.14. The molecule has 17 heavy (non-hydrogen) atoms. The second kappa shape index (κ2) is 6.97. The predicted octanol–water partition coefficient (Wildman–Crippen LogP) is 1.31. The predicted molar refractivity (Wildman–Crippen MR) is 68.9 cm³/mol. The molecule has 1 unspecified atom stereocenters. The quantitative estimate of drug-likeness (QED) is 0.738. The minimum Gasteiger partial charge on any atom is -0.369 e. The van der Waals surface area contributed by atoms with E-state index in [-0.39, 0.29) is 5.91 Å². The summed E-state index contributed by atoms with van der Waals surface area (Å²) in [6.45, 7) is 6.80. The Morgan fingerprint density at radius 1 is 1.47 bits per heavy atom. The van der Waals surface area contributed by atoms with E-state index in [9.17, 15) is 4.79 Å². The van der Waals surface area contributed by atoms with Crippen molar-refractivity contribution in [2.45, 2.75) is 45.1 Å². The zero-order valence-corrected chi connectivity index (χ0v) is 11.3. The first-order chi connectivity index (χ1) is 8.12. The van der Waals surface area contributed by atoms with E-state index >= 15 is 0 Å². The molecule has 0 aromatic rings. The van der Waals surface area contributed by atoms with Crippen molar-refractivity contribution >= 4 is 5.91 Å². The standard InChI is InChI=1S/C13H26N2O2/c1-4-13(2,17-3)12(16)15-10-7-11-5-8-14-9-6-11/h11,14H,4-10H2,1-3H3,(H,15,16). The van der Waals surface area contributed by atoms with Crippen molar-refractivity contribution in [3.63, 3.8) is 0 Å². The van der Waals surface area contributed by atoms with Gasteiger partial charge in [-0.15, -0.1) is 0 Å². The van der Waals surface area contributed by atoms with E-state index in [1.807, 2.05) is 13.8 Å². The fraction of sp³-hybridized carbons (Fsp3) is 0.923. The summed E-state index contributed by atoms with van der Waals surface area (Å²) in [7, 11) is 1.59. The zero-order chi connectivity index (χ0) is 12.7. The van der Waals surface area contributed by atoms with Crippen LogP contribution in [0.5, 0.6) is 0 Å². The van der Waals surface area contributed by atoms with Gasteiger partial charge in [-0.05, 0) is 51.6 Å². The lowest BCUT2D eigenvalue weighted by molar-refractivity contribution is -0.141. The van der Waals surface area contributed by atoms with Gasteiger partial charge >= 0.3 is 0 Å². The highest BCUT2D eigenvalue weighted by Gasteiger charge is 2.30. The molecule has 1 heterocycles. The van der Waals surface area contributed by atoms with Crippen LogP contribution in [0.2, 0.25) is 0 Å². The van der Waals surface area contributed by atoms with Gasteiger partial charge in [-0.1, -0.05) is 6.92 Å². The molecule has 1 saturated heterocycles. The lowest BCUT2D eigenvalue weighted by Gasteiger charge is -2.26. The summed E-state index contributed by atoms with van der Waals surface area (Å²) in [6.07, 6.45) is 4.23. The summed E-state index contributed by atoms with van der Waals surface area (Å²) in [6, 6.07) is 0. The first-order valence-electron chi connectivity index (χ1n) is 6.66. The van der Waals surface area contributed by atoms with E-state index < -0.39 is 5.60 Å². The lowest BCUT2D eigenvalue weighted by Crippen LogP contribution is -2.46. The number of piperidine rings is 1. The molecule has 4 nitrogen and oxygen atoms in total. The molecule has 0 aromatic carbocycles. The summed E-state index contributed by atoms with van der Waals surface area (Å²) in [5, 5.41) is 6.34. The van der Waals surface area contributed by atoms with E-state index in [1.165, 1.54) is 12.8 Å². The van der Waals surface area contributed by atoms with Crippen molar-refractivity contribution in [3.8, 4) is 0 Å². The van der Waals surface area contributed by atoms with Crippen LogP contribution in [0.1, 0.15) is 39.5 Å². The van der Waals surface area contributed by atoms with Gasteiger partial charge in [0.15, 0.2) is 0 Å². The number of nitrogens with one attached hydrogen (secondary N) is 2. The minimum atomic E-state index is -0.672. The Labute approximate surface area is 104 Å². The van der Waals surface area contributed by atoms with Gasteiger partial charge in [0.2, 0.25) is 0 Å². The second-order valence-electron chi connectivity index (χ2n) is 5.03. The lowest BCUT2D eigenvalue weighted by atomic mass is 9.94. The molecule has 100 valence electrons. The summed E-state index contributed by atoms with van der Waals surface area (Å²) in [5.74, 6) is 0.767. The van der Waals surface area contributed by atoms with Gasteiger partial charge < -0.3 is 15.4 Å². The number of hydrogen-bond donors (Lipinski definition) is 2. The van der Waals surface area contributed by atoms with E-state index in [0.717, 1.165) is 32.0 Å². The molecule has 1 fully saturated rings. The maximum absolute atomic E-state index is 11.9. The van der Waals surface area contributed by atoms with Gasteiger partial charge in [0.05, 0.1) is 0 Å². The first-order valence-corrected chi connectivity index (χ1v) is 6.66. The molecule has 0 spiro atoms. The molecule has 0 aromatic heterocycles. The Kier molecular flexibility index (Phi) is 5.92. The molecule has 1 aliphatic heterocycles. The van der Waals surface area contributed by atoms with Gasteiger partial charge in [-0.3, -0.25) is 4.79 Å². The number of ether oxygens (including phenoxy) is 1. The molecular weight excluding hydrogens is 216 g/mol. The summed E-state index contributed by atoms with van der Waals surface area (Å²) >= 11 is 0. The Morgan fingerprint density at radius 3 is 2.65 bits per heavy atom. The highest BCUT2D eigenvalue weighted by molar-refractivity contribution is 5.84. The SMILES string of the molecule is CCC(C)(OC)C(=O)NCCC1CCNCC1. The van der Waals surface area contributed by atoms with Crippen LogP contribution in [0.15, 0.2) is 0 Å². The van der Waals surface area contributed by atoms with Gasteiger partial charge in [-0.2, -0.15) is 0 Å². The molecule has 1 amide bonds. The van der Waals surface area contributed by atoms with Crippen LogP contribution in [0.25, 0.3) is 0 Å². The van der Waals surface area contributed by atoms with E-state index in [2.05, 4.69) is 10.6 Å². The van der Waals surface area contributed by atoms with Crippen LogP contribution < -0.4 is 10.6 Å². The van der Waals surface area contributed by atoms with E-state index in [0.29, 0.717) is 6.42 Å². The Balaban J connectivity index is 2.23. The van der Waals surface area contributed by atoms with Crippen LogP contribution in [0.3, 0.4) is 0 Å². The molecule has 1 rings (SSSR count). The highest BCUT2D eigenvalue weighted by Crippen LogP contribution is 2.16. The smallest absolute Gasteiger partial charge is 0.251 e. The second-order valence-corrected chi connectivity index (χ2v) is 5.03. The number of amides is 1. The van der Waals surface area contributed by atoms with Gasteiger partial charge in [-0.25, -0.2) is 0 Å². The third-order valence-corrected chi connectivity index (χ3v) is 3.90. The van der Waals surface area contributed by atoms with Crippen LogP contribution in [-0.4, -0.2) is 38.3 Å². The van der Waals surface area contributed by atoms with Crippen LogP contribution in [0, 0.1) is 5.92 Å². The number of methoxy groups -OCH3 is 1. The number of carbonyl (C=O) groups is 1. The molecule has 1 atom stereocenters. The highest BCUT2D eigenvalue weighted by atomic mass is 16.5. The average Bonchev–Trinajstić information content (AvgIpc) is 2.39. The fourth-order valence-corrected chi connectivity index (χ4v) is 2.14. The van der Waals surface area contributed by atoms with Gasteiger partial charge in [0.25, 0.3) is 5.91 Å². The van der Waals surface area contributed by atoms with Crippen molar-refractivity contribution < 1.29 is 9.53 Å². The Bertz CT molecular complexity index is 234. The van der Waals surface area contributed by atoms with E-state index in [1.54, 1.807) is 7.11 Å². The van der Waals surface area contributed by atoms with Crippen molar-refractivity contribution in [2.75, 3.05) is 26.7 Å². The third-order valence-electron chi connectivity index (χ3n) is 3.90. The van der Waals surface area contributed by atoms with Crippen molar-refractivity contribution in [3.05, 3.63) is 0 Å². The van der Waals surface area contributed by atoms with Crippen LogP contribution in [0.4, 0.5) is 0 Å². The molecule has 1 aliphatic rings. The molecule has 0 bridgehead atoms. The molecular formula is C13H26N2O2. The average molecular weight is 242 g/mol. The minimum absolute atomic E-state index is 0.0106.